The van der Waals surface area contributed by atoms with Gasteiger partial charge in [0.1, 0.15) is 6.04 Å². The number of carbonyl (C=O) groups is 1. The highest BCUT2D eigenvalue weighted by Gasteiger charge is 2.46. The molecule has 1 atom stereocenters. The predicted octanol–water partition coefficient (Wildman–Crippen LogP) is 4.02. The molecule has 33 heavy (non-hydrogen) atoms. The van der Waals surface area contributed by atoms with Gasteiger partial charge in [0.15, 0.2) is 5.78 Å². The summed E-state index contributed by atoms with van der Waals surface area (Å²) in [7, 11) is 0. The second kappa shape index (κ2) is 6.94. The summed E-state index contributed by atoms with van der Waals surface area (Å²) in [4.78, 5) is 40.1. The lowest BCUT2D eigenvalue weighted by atomic mass is 9.74. The Hall–Kier alpha value is -3.62. The van der Waals surface area contributed by atoms with Gasteiger partial charge in [-0.3, -0.25) is 4.79 Å². The lowest BCUT2D eigenvalue weighted by molar-refractivity contribution is -0.137. The van der Waals surface area contributed by atoms with Crippen molar-refractivity contribution in [3.8, 4) is 5.69 Å². The van der Waals surface area contributed by atoms with E-state index < -0.39 is 34.6 Å². The van der Waals surface area contributed by atoms with E-state index in [0.717, 1.165) is 16.7 Å². The lowest BCUT2D eigenvalue weighted by Crippen LogP contribution is -2.33. The Morgan fingerprint density at radius 2 is 1.52 bits per heavy atom. The Balaban J connectivity index is 1.78. The van der Waals surface area contributed by atoms with Gasteiger partial charge in [0.05, 0.1) is 16.9 Å². The highest BCUT2D eigenvalue weighted by molar-refractivity contribution is 6.04. The average molecular weight is 455 g/mol. The predicted molar refractivity (Wildman–Crippen MR) is 115 cm³/mol. The van der Waals surface area contributed by atoms with Crippen molar-refractivity contribution < 1.29 is 18.0 Å². The zero-order valence-electron chi connectivity index (χ0n) is 17.9. The van der Waals surface area contributed by atoms with Gasteiger partial charge in [-0.25, -0.2) is 23.5 Å². The lowest BCUT2D eigenvalue weighted by Gasteiger charge is -2.30. The van der Waals surface area contributed by atoms with Crippen molar-refractivity contribution in [3.05, 3.63) is 92.3 Å². The number of ketones is 1. The zero-order valence-corrected chi connectivity index (χ0v) is 17.9. The van der Waals surface area contributed by atoms with Crippen molar-refractivity contribution in [2.45, 2.75) is 38.9 Å². The van der Waals surface area contributed by atoms with Gasteiger partial charge in [0.25, 0.3) is 0 Å². The van der Waals surface area contributed by atoms with Crippen LogP contribution in [0.25, 0.3) is 11.4 Å². The van der Waals surface area contributed by atoms with Crippen molar-refractivity contribution >= 4 is 11.5 Å². The maximum Gasteiger partial charge on any atom is 0.416 e. The summed E-state index contributed by atoms with van der Waals surface area (Å²) >= 11 is 0. The molecule has 0 amide bonds. The summed E-state index contributed by atoms with van der Waals surface area (Å²) in [5, 5.41) is 0. The fourth-order valence-corrected chi connectivity index (χ4v) is 4.81. The molecule has 5 rings (SSSR count). The number of nitrogens with zero attached hydrogens (tertiary/aromatic N) is 3. The van der Waals surface area contributed by atoms with Crippen LogP contribution in [0, 0.1) is 5.41 Å². The molecule has 1 aromatic heterocycles. The number of Topliss-reactive ketones (excluding diaryl/α,β-unsaturated/α-hetero) is 1. The smallest absolute Gasteiger partial charge is 0.294 e. The topological polar surface area (TPSA) is 66.0 Å². The SMILES string of the molecule is CC1(C)CC(=O)C2=C(C1)n1c(=O)n(-c3ccccc3)c(=O)n1C2c1ccc(C(F)(F)F)cc1. The minimum Gasteiger partial charge on any atom is -0.294 e. The molecule has 1 unspecified atom stereocenters. The third kappa shape index (κ3) is 3.21. The van der Waals surface area contributed by atoms with E-state index in [4.69, 9.17) is 0 Å². The van der Waals surface area contributed by atoms with E-state index in [1.807, 2.05) is 13.8 Å². The van der Waals surface area contributed by atoms with Crippen LogP contribution in [0.2, 0.25) is 0 Å². The molecule has 0 bridgehead atoms. The molecule has 2 aromatic carbocycles. The van der Waals surface area contributed by atoms with E-state index in [1.165, 1.54) is 21.5 Å². The summed E-state index contributed by atoms with van der Waals surface area (Å²) in [5.74, 6) is -0.215. The van der Waals surface area contributed by atoms with Gasteiger partial charge in [-0.1, -0.05) is 44.2 Å². The molecule has 0 saturated heterocycles. The third-order valence-electron chi connectivity index (χ3n) is 6.21. The molecule has 0 spiro atoms. The fourth-order valence-electron chi connectivity index (χ4n) is 4.81. The van der Waals surface area contributed by atoms with Crippen molar-refractivity contribution in [1.29, 1.82) is 0 Å². The van der Waals surface area contributed by atoms with E-state index in [0.29, 0.717) is 28.9 Å². The number of hydrogen-bond acceptors (Lipinski definition) is 3. The first-order valence-corrected chi connectivity index (χ1v) is 10.5. The summed E-state index contributed by atoms with van der Waals surface area (Å²) in [5.41, 5.74) is -1.10. The van der Waals surface area contributed by atoms with E-state index in [2.05, 4.69) is 0 Å². The summed E-state index contributed by atoms with van der Waals surface area (Å²) in [6, 6.07) is 11.8. The Morgan fingerprint density at radius 1 is 0.879 bits per heavy atom. The number of fused-ring (bicyclic) bond motifs is 2. The standard InChI is InChI=1S/C24H20F3N3O3/c1-23(2)12-17-19(18(31)13-23)20(14-8-10-15(11-9-14)24(25,26)27)30-22(33)28(21(32)29(17)30)16-6-4-3-5-7-16/h3-11,20H,12-13H2,1-2H3. The van der Waals surface area contributed by atoms with Crippen molar-refractivity contribution in [2.24, 2.45) is 5.41 Å². The van der Waals surface area contributed by atoms with E-state index in [1.54, 1.807) is 30.3 Å². The van der Waals surface area contributed by atoms with Crippen LogP contribution in [0.1, 0.15) is 43.9 Å². The van der Waals surface area contributed by atoms with Gasteiger partial charge in [-0.05, 0) is 41.7 Å². The first-order chi connectivity index (χ1) is 15.5. The Kier molecular flexibility index (Phi) is 4.46. The number of halogens is 3. The zero-order chi connectivity index (χ0) is 23.7. The van der Waals surface area contributed by atoms with E-state index in [9.17, 15) is 27.6 Å². The van der Waals surface area contributed by atoms with Crippen LogP contribution in [-0.2, 0) is 11.0 Å². The number of aromatic nitrogens is 3. The highest BCUT2D eigenvalue weighted by atomic mass is 19.4. The molecule has 0 fully saturated rings. The maximum absolute atomic E-state index is 13.5. The van der Waals surface area contributed by atoms with Gasteiger partial charge in [0, 0.05) is 12.0 Å². The molecule has 6 nitrogen and oxygen atoms in total. The molecule has 1 aliphatic heterocycles. The van der Waals surface area contributed by atoms with E-state index in [-0.39, 0.29) is 12.2 Å². The minimum absolute atomic E-state index is 0.215. The minimum atomic E-state index is -4.51. The molecule has 9 heteroatoms. The number of hydrogen-bond donors (Lipinski definition) is 0. The fraction of sp³-hybridized carbons (Fsp3) is 0.292. The van der Waals surface area contributed by atoms with Crippen LogP contribution in [0.15, 0.2) is 69.8 Å². The highest BCUT2D eigenvalue weighted by Crippen LogP contribution is 2.46. The molecule has 0 N–H and O–H groups in total. The molecule has 0 saturated carbocycles. The van der Waals surface area contributed by atoms with Gasteiger partial charge in [-0.15, -0.1) is 0 Å². The summed E-state index contributed by atoms with van der Waals surface area (Å²) in [6.45, 7) is 3.81. The number of benzene rings is 2. The van der Waals surface area contributed by atoms with Gasteiger partial charge in [0.2, 0.25) is 0 Å². The van der Waals surface area contributed by atoms with Crippen molar-refractivity contribution in [3.63, 3.8) is 0 Å². The van der Waals surface area contributed by atoms with Crippen LogP contribution < -0.4 is 11.4 Å². The Bertz CT molecular complexity index is 1420. The first-order valence-electron chi connectivity index (χ1n) is 10.5. The molecule has 2 aliphatic rings. The first kappa shape index (κ1) is 21.2. The molecule has 0 radical (unpaired) electrons. The quantitative estimate of drug-likeness (QED) is 0.586. The molecule has 2 heterocycles. The largest absolute Gasteiger partial charge is 0.416 e. The average Bonchev–Trinajstić information content (AvgIpc) is 3.20. The van der Waals surface area contributed by atoms with Gasteiger partial charge in [-0.2, -0.15) is 13.2 Å². The van der Waals surface area contributed by atoms with Crippen LogP contribution in [0.4, 0.5) is 13.2 Å². The molecule has 3 aromatic rings. The molecule has 1 aliphatic carbocycles. The number of para-hydroxylation sites is 1. The summed E-state index contributed by atoms with van der Waals surface area (Å²) < 4.78 is 42.7. The van der Waals surface area contributed by atoms with Gasteiger partial charge >= 0.3 is 17.6 Å². The van der Waals surface area contributed by atoms with Crippen LogP contribution in [0.3, 0.4) is 0 Å². The molecular formula is C24H20F3N3O3. The molecular weight excluding hydrogens is 435 g/mol. The van der Waals surface area contributed by atoms with Crippen LogP contribution in [-0.4, -0.2) is 19.7 Å². The van der Waals surface area contributed by atoms with Gasteiger partial charge < -0.3 is 0 Å². The maximum atomic E-state index is 13.5. The van der Waals surface area contributed by atoms with E-state index >= 15 is 0 Å². The second-order valence-electron chi connectivity index (χ2n) is 9.22. The Labute approximate surface area is 186 Å². The number of alkyl halides is 3. The van der Waals surface area contributed by atoms with Crippen LogP contribution in [0.5, 0.6) is 0 Å². The van der Waals surface area contributed by atoms with Crippen molar-refractivity contribution in [1.82, 2.24) is 13.9 Å². The number of allylic oxidation sites excluding steroid dienone is 2. The number of carbonyl (C=O) groups excluding carboxylic acids is 1. The van der Waals surface area contributed by atoms with Crippen molar-refractivity contribution in [2.75, 3.05) is 0 Å². The van der Waals surface area contributed by atoms with Crippen LogP contribution >= 0.6 is 0 Å². The second-order valence-corrected chi connectivity index (χ2v) is 9.22. The molecule has 170 valence electrons. The normalized spacial score (nSPS) is 19.5. The monoisotopic (exact) mass is 455 g/mol. The summed E-state index contributed by atoms with van der Waals surface area (Å²) in [6.07, 6.45) is -3.92. The number of rotatable bonds is 2. The third-order valence-corrected chi connectivity index (χ3v) is 6.21. The Morgan fingerprint density at radius 3 is 2.12 bits per heavy atom.